The summed E-state index contributed by atoms with van der Waals surface area (Å²) in [6.07, 6.45) is 4.11. The van der Waals surface area contributed by atoms with Crippen molar-refractivity contribution >= 4 is 5.91 Å². The lowest BCUT2D eigenvalue weighted by Crippen LogP contribution is -2.25. The third kappa shape index (κ3) is 3.70. The maximum Gasteiger partial charge on any atom is 0.251 e. The van der Waals surface area contributed by atoms with Crippen LogP contribution in [0.5, 0.6) is 11.5 Å². The van der Waals surface area contributed by atoms with E-state index >= 15 is 0 Å². The number of nitrogens with zero attached hydrogens (tertiary/aromatic N) is 1. The summed E-state index contributed by atoms with van der Waals surface area (Å²) in [5.74, 6) is -0.620. The van der Waals surface area contributed by atoms with Crippen molar-refractivity contribution in [3.8, 4) is 11.5 Å². The Balaban J connectivity index is 1.91. The van der Waals surface area contributed by atoms with Gasteiger partial charge < -0.3 is 15.5 Å². The second-order valence-corrected chi connectivity index (χ2v) is 4.11. The van der Waals surface area contributed by atoms with E-state index in [1.165, 1.54) is 18.2 Å². The lowest BCUT2D eigenvalue weighted by Gasteiger charge is -2.06. The molecule has 19 heavy (non-hydrogen) atoms. The van der Waals surface area contributed by atoms with Crippen LogP contribution in [0.1, 0.15) is 15.9 Å². The zero-order valence-corrected chi connectivity index (χ0v) is 10.2. The molecule has 98 valence electrons. The van der Waals surface area contributed by atoms with E-state index in [1.807, 2.05) is 12.1 Å². The lowest BCUT2D eigenvalue weighted by molar-refractivity contribution is 0.0953. The minimum atomic E-state index is -0.338. The van der Waals surface area contributed by atoms with Gasteiger partial charge in [0, 0.05) is 30.6 Å². The summed E-state index contributed by atoms with van der Waals surface area (Å²) in [6.45, 7) is 0.459. The summed E-state index contributed by atoms with van der Waals surface area (Å²) in [6, 6.07) is 7.55. The molecule has 1 aromatic heterocycles. The van der Waals surface area contributed by atoms with Crippen LogP contribution >= 0.6 is 0 Å². The number of aromatic nitrogens is 1. The van der Waals surface area contributed by atoms with Gasteiger partial charge >= 0.3 is 0 Å². The van der Waals surface area contributed by atoms with Gasteiger partial charge in [0.25, 0.3) is 5.91 Å². The molecule has 0 saturated carbocycles. The molecule has 0 aliphatic rings. The molecule has 0 atom stereocenters. The molecule has 0 aliphatic carbocycles. The Hall–Kier alpha value is -2.56. The van der Waals surface area contributed by atoms with E-state index in [0.717, 1.165) is 5.56 Å². The molecule has 1 heterocycles. The third-order valence-corrected chi connectivity index (χ3v) is 2.59. The first-order chi connectivity index (χ1) is 9.15. The van der Waals surface area contributed by atoms with Crippen LogP contribution in [-0.4, -0.2) is 27.6 Å². The lowest BCUT2D eigenvalue weighted by atomic mass is 10.1. The molecule has 5 nitrogen and oxygen atoms in total. The van der Waals surface area contributed by atoms with Crippen LogP contribution in [0.15, 0.2) is 42.7 Å². The number of phenolic OH excluding ortho intramolecular Hbond substituents is 2. The first kappa shape index (κ1) is 12.9. The summed E-state index contributed by atoms with van der Waals surface area (Å²) < 4.78 is 0. The van der Waals surface area contributed by atoms with Crippen LogP contribution in [0, 0.1) is 0 Å². The fourth-order valence-electron chi connectivity index (χ4n) is 1.69. The Bertz CT molecular complexity index is 550. The van der Waals surface area contributed by atoms with Gasteiger partial charge in [-0.2, -0.15) is 0 Å². The Labute approximate surface area is 110 Å². The number of carbonyl (C=O) groups excluding carboxylic acids is 1. The van der Waals surface area contributed by atoms with Gasteiger partial charge in [-0.05, 0) is 30.2 Å². The highest BCUT2D eigenvalue weighted by molar-refractivity contribution is 5.95. The van der Waals surface area contributed by atoms with Gasteiger partial charge in [-0.1, -0.05) is 6.07 Å². The molecule has 0 aliphatic heterocycles. The summed E-state index contributed by atoms with van der Waals surface area (Å²) in [7, 11) is 0. The normalized spacial score (nSPS) is 10.1. The van der Waals surface area contributed by atoms with Gasteiger partial charge in [0.15, 0.2) is 0 Å². The van der Waals surface area contributed by atoms with Crippen molar-refractivity contribution in [2.75, 3.05) is 6.54 Å². The number of hydrogen-bond donors (Lipinski definition) is 3. The fraction of sp³-hybridized carbons (Fsp3) is 0.143. The number of aromatic hydroxyl groups is 2. The number of pyridine rings is 1. The zero-order valence-electron chi connectivity index (χ0n) is 10.2. The minimum Gasteiger partial charge on any atom is -0.508 e. The highest BCUT2D eigenvalue weighted by atomic mass is 16.3. The second kappa shape index (κ2) is 5.86. The van der Waals surface area contributed by atoms with Gasteiger partial charge in [-0.25, -0.2) is 0 Å². The minimum absolute atomic E-state index is 0.141. The maximum atomic E-state index is 11.8. The predicted molar refractivity (Wildman–Crippen MR) is 70.0 cm³/mol. The third-order valence-electron chi connectivity index (χ3n) is 2.59. The summed E-state index contributed by atoms with van der Waals surface area (Å²) in [4.78, 5) is 15.8. The molecule has 1 amide bonds. The van der Waals surface area contributed by atoms with E-state index in [2.05, 4.69) is 10.3 Å². The first-order valence-electron chi connectivity index (χ1n) is 5.85. The molecule has 0 saturated heterocycles. The smallest absolute Gasteiger partial charge is 0.251 e. The van der Waals surface area contributed by atoms with E-state index in [9.17, 15) is 15.0 Å². The van der Waals surface area contributed by atoms with E-state index in [1.54, 1.807) is 12.4 Å². The topological polar surface area (TPSA) is 82.5 Å². The predicted octanol–water partition coefficient (Wildman–Crippen LogP) is 1.47. The summed E-state index contributed by atoms with van der Waals surface area (Å²) in [5, 5.41) is 21.3. The van der Waals surface area contributed by atoms with Gasteiger partial charge in [-0.3, -0.25) is 9.78 Å². The molecule has 0 fully saturated rings. The quantitative estimate of drug-likeness (QED) is 0.775. The van der Waals surface area contributed by atoms with Crippen LogP contribution in [0.2, 0.25) is 0 Å². The van der Waals surface area contributed by atoms with Gasteiger partial charge in [0.05, 0.1) is 0 Å². The number of carbonyl (C=O) groups is 1. The largest absolute Gasteiger partial charge is 0.508 e. The van der Waals surface area contributed by atoms with Crippen molar-refractivity contribution in [2.45, 2.75) is 6.42 Å². The highest BCUT2D eigenvalue weighted by Crippen LogP contribution is 2.20. The van der Waals surface area contributed by atoms with Crippen LogP contribution < -0.4 is 5.32 Å². The van der Waals surface area contributed by atoms with Crippen LogP contribution in [-0.2, 0) is 6.42 Å². The molecule has 0 radical (unpaired) electrons. The fourth-order valence-corrected chi connectivity index (χ4v) is 1.69. The van der Waals surface area contributed by atoms with E-state index in [4.69, 9.17) is 0 Å². The zero-order chi connectivity index (χ0) is 13.7. The standard InChI is InChI=1S/C14H14N2O3/c17-12-6-11(7-13(18)8-12)14(19)16-5-3-10-2-1-4-15-9-10/h1-2,4,6-9,17-18H,3,5H2,(H,16,19). The number of rotatable bonds is 4. The van der Waals surface area contributed by atoms with Crippen molar-refractivity contribution in [1.29, 1.82) is 0 Å². The molecule has 2 aromatic rings. The van der Waals surface area contributed by atoms with E-state index in [0.29, 0.717) is 13.0 Å². The molecule has 5 heteroatoms. The van der Waals surface area contributed by atoms with Gasteiger partial charge in [-0.15, -0.1) is 0 Å². The highest BCUT2D eigenvalue weighted by Gasteiger charge is 2.07. The monoisotopic (exact) mass is 258 g/mol. The number of nitrogens with one attached hydrogen (secondary N) is 1. The molecule has 0 bridgehead atoms. The number of hydrogen-bond acceptors (Lipinski definition) is 4. The van der Waals surface area contributed by atoms with Crippen LogP contribution in [0.3, 0.4) is 0 Å². The molecular formula is C14H14N2O3. The molecule has 3 N–H and O–H groups in total. The van der Waals surface area contributed by atoms with Gasteiger partial charge in [0.2, 0.25) is 0 Å². The van der Waals surface area contributed by atoms with Crippen molar-refractivity contribution in [3.05, 3.63) is 53.9 Å². The van der Waals surface area contributed by atoms with Crippen molar-refractivity contribution < 1.29 is 15.0 Å². The van der Waals surface area contributed by atoms with E-state index in [-0.39, 0.29) is 23.0 Å². The van der Waals surface area contributed by atoms with Crippen molar-refractivity contribution in [1.82, 2.24) is 10.3 Å². The van der Waals surface area contributed by atoms with Crippen molar-refractivity contribution in [3.63, 3.8) is 0 Å². The van der Waals surface area contributed by atoms with E-state index < -0.39 is 0 Å². The molecule has 2 rings (SSSR count). The average molecular weight is 258 g/mol. The Kier molecular flexibility index (Phi) is 3.97. The number of phenols is 2. The molecule has 0 spiro atoms. The molecule has 0 unspecified atom stereocenters. The Morgan fingerprint density at radius 1 is 1.21 bits per heavy atom. The number of benzene rings is 1. The first-order valence-corrected chi connectivity index (χ1v) is 5.85. The average Bonchev–Trinajstić information content (AvgIpc) is 2.38. The molecular weight excluding hydrogens is 244 g/mol. The van der Waals surface area contributed by atoms with Crippen LogP contribution in [0.25, 0.3) is 0 Å². The summed E-state index contributed by atoms with van der Waals surface area (Å²) >= 11 is 0. The van der Waals surface area contributed by atoms with Crippen molar-refractivity contribution in [2.24, 2.45) is 0 Å². The Morgan fingerprint density at radius 2 is 1.95 bits per heavy atom. The summed E-state index contributed by atoms with van der Waals surface area (Å²) in [5.41, 5.74) is 1.25. The van der Waals surface area contributed by atoms with Crippen LogP contribution in [0.4, 0.5) is 0 Å². The maximum absolute atomic E-state index is 11.8. The number of amides is 1. The SMILES string of the molecule is O=C(NCCc1cccnc1)c1cc(O)cc(O)c1. The Morgan fingerprint density at radius 3 is 2.58 bits per heavy atom. The van der Waals surface area contributed by atoms with Gasteiger partial charge in [0.1, 0.15) is 11.5 Å². The molecule has 1 aromatic carbocycles. The second-order valence-electron chi connectivity index (χ2n) is 4.11.